The van der Waals surface area contributed by atoms with E-state index in [1.54, 1.807) is 16.4 Å². The average Bonchev–Trinajstić information content (AvgIpc) is 3.08. The van der Waals surface area contributed by atoms with Crippen LogP contribution in [0.2, 0.25) is 0 Å². The third kappa shape index (κ3) is 2.64. The number of aromatic amines is 1. The van der Waals surface area contributed by atoms with Gasteiger partial charge in [-0.3, -0.25) is 5.10 Å². The lowest BCUT2D eigenvalue weighted by Gasteiger charge is -1.99. The van der Waals surface area contributed by atoms with Crippen LogP contribution >= 0.6 is 11.8 Å². The molecule has 2 aromatic heterocycles. The third-order valence-electron chi connectivity index (χ3n) is 3.70. The van der Waals surface area contributed by atoms with Crippen molar-refractivity contribution < 1.29 is 0 Å². The smallest absolute Gasteiger partial charge is 0.190 e. The second-order valence-corrected chi connectivity index (χ2v) is 6.60. The summed E-state index contributed by atoms with van der Waals surface area (Å²) in [5.41, 5.74) is 4.20. The molecule has 2 heterocycles. The molecular weight excluding hydrogens is 304 g/mol. The minimum atomic E-state index is 0.742. The van der Waals surface area contributed by atoms with Crippen molar-refractivity contribution in [2.24, 2.45) is 0 Å². The zero-order valence-corrected chi connectivity index (χ0v) is 13.8. The number of nitrogens with one attached hydrogen (secondary N) is 1. The maximum atomic E-state index is 4.73. The van der Waals surface area contributed by atoms with Gasteiger partial charge >= 0.3 is 0 Å². The first-order chi connectivity index (χ1) is 11.2. The summed E-state index contributed by atoms with van der Waals surface area (Å²) in [7, 11) is 0. The zero-order chi connectivity index (χ0) is 15.8. The van der Waals surface area contributed by atoms with Gasteiger partial charge in [-0.15, -0.1) is 5.10 Å². The average molecular weight is 320 g/mol. The Morgan fingerprint density at radius 3 is 2.43 bits per heavy atom. The summed E-state index contributed by atoms with van der Waals surface area (Å²) in [6, 6.07) is 18.6. The molecule has 23 heavy (non-hydrogen) atoms. The summed E-state index contributed by atoms with van der Waals surface area (Å²) in [5, 5.41) is 7.84. The Hall–Kier alpha value is -2.53. The second kappa shape index (κ2) is 5.59. The highest BCUT2D eigenvalue weighted by molar-refractivity contribution is 7.99. The highest BCUT2D eigenvalue weighted by Crippen LogP contribution is 2.33. The Morgan fingerprint density at radius 1 is 0.957 bits per heavy atom. The molecule has 2 aromatic carbocycles. The topological polar surface area (TPSA) is 46.0 Å². The van der Waals surface area contributed by atoms with E-state index in [2.05, 4.69) is 53.5 Å². The molecule has 0 aliphatic rings. The molecule has 0 saturated carbocycles. The van der Waals surface area contributed by atoms with Crippen molar-refractivity contribution >= 4 is 17.4 Å². The molecule has 0 bridgehead atoms. The summed E-state index contributed by atoms with van der Waals surface area (Å²) in [6.45, 7) is 4.12. The number of aromatic nitrogens is 4. The van der Waals surface area contributed by atoms with E-state index in [0.29, 0.717) is 0 Å². The molecule has 0 aliphatic carbocycles. The maximum absolute atomic E-state index is 4.73. The van der Waals surface area contributed by atoms with Gasteiger partial charge in [-0.05, 0) is 26.0 Å². The molecule has 5 heteroatoms. The molecule has 0 atom stereocenters. The van der Waals surface area contributed by atoms with Crippen LogP contribution in [-0.4, -0.2) is 19.8 Å². The summed E-state index contributed by atoms with van der Waals surface area (Å²) in [4.78, 5) is 7.03. The largest absolute Gasteiger partial charge is 0.279 e. The molecule has 0 radical (unpaired) electrons. The molecule has 4 aromatic rings. The van der Waals surface area contributed by atoms with Crippen LogP contribution in [0.15, 0.2) is 64.4 Å². The predicted molar refractivity (Wildman–Crippen MR) is 92.8 cm³/mol. The standard InChI is InChI=1S/C18H16N4S/c1-12-8-10-14(11-9-12)17-19-18-16(13(2)20-22(18)21-17)23-15-6-4-3-5-7-15/h3-11,20H,1-2H3. The molecule has 0 amide bonds. The van der Waals surface area contributed by atoms with Gasteiger partial charge in [-0.25, -0.2) is 4.98 Å². The van der Waals surface area contributed by atoms with Crippen LogP contribution in [0, 0.1) is 13.8 Å². The first-order valence-electron chi connectivity index (χ1n) is 7.46. The Balaban J connectivity index is 1.76. The number of hydrogen-bond donors (Lipinski definition) is 1. The van der Waals surface area contributed by atoms with Crippen molar-refractivity contribution in [1.29, 1.82) is 0 Å². The monoisotopic (exact) mass is 320 g/mol. The van der Waals surface area contributed by atoms with Crippen LogP contribution in [-0.2, 0) is 0 Å². The van der Waals surface area contributed by atoms with Gasteiger partial charge < -0.3 is 0 Å². The first kappa shape index (κ1) is 14.1. The summed E-state index contributed by atoms with van der Waals surface area (Å²) >= 11 is 1.71. The van der Waals surface area contributed by atoms with Gasteiger partial charge in [0.1, 0.15) is 0 Å². The second-order valence-electron chi connectivity index (χ2n) is 5.52. The van der Waals surface area contributed by atoms with E-state index in [9.17, 15) is 0 Å². The normalized spacial score (nSPS) is 11.2. The van der Waals surface area contributed by atoms with E-state index in [4.69, 9.17) is 4.98 Å². The zero-order valence-electron chi connectivity index (χ0n) is 12.9. The quantitative estimate of drug-likeness (QED) is 0.605. The van der Waals surface area contributed by atoms with Gasteiger partial charge in [0.2, 0.25) is 0 Å². The Bertz CT molecular complexity index is 952. The molecule has 0 spiro atoms. The van der Waals surface area contributed by atoms with Crippen molar-refractivity contribution in [3.63, 3.8) is 0 Å². The van der Waals surface area contributed by atoms with Crippen LogP contribution in [0.5, 0.6) is 0 Å². The maximum Gasteiger partial charge on any atom is 0.190 e. The molecule has 0 aliphatic heterocycles. The molecular formula is C18H16N4S. The molecule has 4 nitrogen and oxygen atoms in total. The fraction of sp³-hybridized carbons (Fsp3) is 0.111. The van der Waals surface area contributed by atoms with E-state index in [1.165, 1.54) is 10.5 Å². The van der Waals surface area contributed by atoms with Crippen molar-refractivity contribution in [2.75, 3.05) is 0 Å². The number of rotatable bonds is 3. The molecule has 0 saturated heterocycles. The van der Waals surface area contributed by atoms with Crippen molar-refractivity contribution in [1.82, 2.24) is 19.8 Å². The molecule has 114 valence electrons. The number of fused-ring (bicyclic) bond motifs is 1. The highest BCUT2D eigenvalue weighted by atomic mass is 32.2. The lowest BCUT2D eigenvalue weighted by atomic mass is 10.1. The fourth-order valence-electron chi connectivity index (χ4n) is 2.47. The van der Waals surface area contributed by atoms with Crippen LogP contribution in [0.4, 0.5) is 0 Å². The predicted octanol–water partition coefficient (Wildman–Crippen LogP) is 4.49. The molecule has 0 fully saturated rings. The number of aryl methyl sites for hydroxylation is 2. The molecule has 4 rings (SSSR count). The third-order valence-corrected chi connectivity index (χ3v) is 4.90. The number of H-pyrrole nitrogens is 1. The van der Waals surface area contributed by atoms with Gasteiger partial charge in [-0.1, -0.05) is 59.8 Å². The Kier molecular flexibility index (Phi) is 3.42. The summed E-state index contributed by atoms with van der Waals surface area (Å²) in [6.07, 6.45) is 0. The van der Waals surface area contributed by atoms with E-state index in [0.717, 1.165) is 27.6 Å². The van der Waals surface area contributed by atoms with Gasteiger partial charge in [0.25, 0.3) is 0 Å². The molecule has 0 unspecified atom stereocenters. The van der Waals surface area contributed by atoms with Crippen molar-refractivity contribution in [3.05, 3.63) is 65.9 Å². The van der Waals surface area contributed by atoms with Gasteiger partial charge in [0.15, 0.2) is 11.5 Å². The highest BCUT2D eigenvalue weighted by Gasteiger charge is 2.15. The Morgan fingerprint density at radius 2 is 1.70 bits per heavy atom. The van der Waals surface area contributed by atoms with Crippen molar-refractivity contribution in [2.45, 2.75) is 23.6 Å². The van der Waals surface area contributed by atoms with Crippen LogP contribution in [0.25, 0.3) is 17.0 Å². The minimum Gasteiger partial charge on any atom is -0.279 e. The lowest BCUT2D eigenvalue weighted by molar-refractivity contribution is 0.810. The van der Waals surface area contributed by atoms with Gasteiger partial charge in [0, 0.05) is 16.2 Å². The van der Waals surface area contributed by atoms with E-state index in [-0.39, 0.29) is 0 Å². The fourth-order valence-corrected chi connectivity index (χ4v) is 3.42. The summed E-state index contributed by atoms with van der Waals surface area (Å²) < 4.78 is 1.76. The van der Waals surface area contributed by atoms with Crippen LogP contribution in [0.3, 0.4) is 0 Å². The van der Waals surface area contributed by atoms with E-state index >= 15 is 0 Å². The van der Waals surface area contributed by atoms with E-state index < -0.39 is 0 Å². The lowest BCUT2D eigenvalue weighted by Crippen LogP contribution is -1.88. The summed E-state index contributed by atoms with van der Waals surface area (Å²) in [5.74, 6) is 0.742. The van der Waals surface area contributed by atoms with Gasteiger partial charge in [0.05, 0.1) is 4.90 Å². The minimum absolute atomic E-state index is 0.742. The number of hydrogen-bond acceptors (Lipinski definition) is 3. The van der Waals surface area contributed by atoms with E-state index in [1.807, 2.05) is 25.1 Å². The number of benzene rings is 2. The molecule has 1 N–H and O–H groups in total. The van der Waals surface area contributed by atoms with Crippen molar-refractivity contribution in [3.8, 4) is 11.4 Å². The van der Waals surface area contributed by atoms with Crippen LogP contribution in [0.1, 0.15) is 11.3 Å². The SMILES string of the molecule is Cc1ccc(-c2nc3c(Sc4ccccc4)c(C)[nH]n3n2)cc1. The first-order valence-corrected chi connectivity index (χ1v) is 8.27. The Labute approximate surface area is 138 Å². The number of nitrogens with zero attached hydrogens (tertiary/aromatic N) is 3. The van der Waals surface area contributed by atoms with Crippen LogP contribution < -0.4 is 0 Å². The van der Waals surface area contributed by atoms with Gasteiger partial charge in [-0.2, -0.15) is 4.63 Å².